The second kappa shape index (κ2) is 9.77. The molecule has 1 aliphatic rings. The third-order valence-electron chi connectivity index (χ3n) is 4.40. The Morgan fingerprint density at radius 3 is 2.63 bits per heavy atom. The maximum atomic E-state index is 3.62. The van der Waals surface area contributed by atoms with Gasteiger partial charge in [0.25, 0.3) is 0 Å². The van der Waals surface area contributed by atoms with Crippen molar-refractivity contribution >= 4 is 0 Å². The number of nitrogens with zero attached hydrogens (tertiary/aromatic N) is 1. The van der Waals surface area contributed by atoms with E-state index >= 15 is 0 Å². The van der Waals surface area contributed by atoms with E-state index in [4.69, 9.17) is 0 Å². The highest BCUT2D eigenvalue weighted by atomic mass is 15.2. The molecule has 0 aromatic heterocycles. The zero-order valence-electron chi connectivity index (χ0n) is 13.8. The molecule has 0 aromatic carbocycles. The monoisotopic (exact) mass is 268 g/mol. The molecule has 2 nitrogen and oxygen atoms in total. The fraction of sp³-hybridized carbons (Fsp3) is 1.00. The van der Waals surface area contributed by atoms with Crippen molar-refractivity contribution in [3.63, 3.8) is 0 Å². The smallest absolute Gasteiger partial charge is 0.00670 e. The van der Waals surface area contributed by atoms with Crippen LogP contribution in [0.1, 0.15) is 66.2 Å². The Labute approximate surface area is 121 Å². The molecule has 1 heterocycles. The van der Waals surface area contributed by atoms with Gasteiger partial charge in [0.2, 0.25) is 0 Å². The predicted molar refractivity (Wildman–Crippen MR) is 85.6 cm³/mol. The molecule has 2 unspecified atom stereocenters. The Hall–Kier alpha value is -0.0800. The minimum atomic E-state index is 0.773. The molecule has 0 saturated carbocycles. The first-order valence-corrected chi connectivity index (χ1v) is 8.58. The summed E-state index contributed by atoms with van der Waals surface area (Å²) in [5.41, 5.74) is 0. The van der Waals surface area contributed by atoms with E-state index in [-0.39, 0.29) is 0 Å². The Morgan fingerprint density at radius 2 is 1.95 bits per heavy atom. The fourth-order valence-corrected chi connectivity index (χ4v) is 3.05. The molecule has 0 aromatic rings. The van der Waals surface area contributed by atoms with Crippen molar-refractivity contribution in [2.24, 2.45) is 11.8 Å². The zero-order valence-corrected chi connectivity index (χ0v) is 13.8. The van der Waals surface area contributed by atoms with Crippen molar-refractivity contribution in [1.29, 1.82) is 0 Å². The van der Waals surface area contributed by atoms with Crippen LogP contribution in [0.15, 0.2) is 0 Å². The summed E-state index contributed by atoms with van der Waals surface area (Å²) in [6, 6.07) is 0.798. The highest BCUT2D eigenvalue weighted by Crippen LogP contribution is 2.20. The summed E-state index contributed by atoms with van der Waals surface area (Å²) in [6.07, 6.45) is 8.39. The minimum absolute atomic E-state index is 0.773. The van der Waals surface area contributed by atoms with Crippen molar-refractivity contribution in [1.82, 2.24) is 10.2 Å². The first-order valence-electron chi connectivity index (χ1n) is 8.58. The molecule has 1 rings (SSSR count). The Morgan fingerprint density at radius 1 is 1.16 bits per heavy atom. The van der Waals surface area contributed by atoms with Gasteiger partial charge in [0.15, 0.2) is 0 Å². The molecule has 1 fully saturated rings. The molecule has 0 radical (unpaired) electrons. The molecule has 114 valence electrons. The summed E-state index contributed by atoms with van der Waals surface area (Å²) >= 11 is 0. The summed E-state index contributed by atoms with van der Waals surface area (Å²) in [6.45, 7) is 14.3. The highest BCUT2D eigenvalue weighted by Gasteiger charge is 2.25. The number of hydrogen-bond acceptors (Lipinski definition) is 2. The van der Waals surface area contributed by atoms with Crippen LogP contribution >= 0.6 is 0 Å². The zero-order chi connectivity index (χ0) is 14.1. The summed E-state index contributed by atoms with van der Waals surface area (Å²) in [5.74, 6) is 1.66. The molecule has 1 saturated heterocycles. The molecule has 19 heavy (non-hydrogen) atoms. The first kappa shape index (κ1) is 17.0. The molecule has 0 aliphatic carbocycles. The van der Waals surface area contributed by atoms with Crippen molar-refractivity contribution in [3.8, 4) is 0 Å². The Balaban J connectivity index is 2.09. The quantitative estimate of drug-likeness (QED) is 0.604. The maximum Gasteiger partial charge on any atom is 0.00670 e. The topological polar surface area (TPSA) is 15.3 Å². The van der Waals surface area contributed by atoms with E-state index in [0.717, 1.165) is 17.9 Å². The lowest BCUT2D eigenvalue weighted by Gasteiger charge is -2.24. The first-order chi connectivity index (χ1) is 9.13. The van der Waals surface area contributed by atoms with Crippen molar-refractivity contribution < 1.29 is 0 Å². The Kier molecular flexibility index (Phi) is 8.72. The SMILES string of the molecule is CCCCCCC(C)N1CCC(CNCC(C)C)C1. The van der Waals surface area contributed by atoms with Gasteiger partial charge in [-0.1, -0.05) is 46.5 Å². The van der Waals surface area contributed by atoms with E-state index in [1.54, 1.807) is 0 Å². The standard InChI is InChI=1S/C17H36N2/c1-5-6-7-8-9-16(4)19-11-10-17(14-19)13-18-12-15(2)3/h15-18H,5-14H2,1-4H3. The molecule has 2 atom stereocenters. The van der Waals surface area contributed by atoms with Crippen LogP contribution < -0.4 is 5.32 Å². The number of likely N-dealkylation sites (tertiary alicyclic amines) is 1. The van der Waals surface area contributed by atoms with Crippen LogP contribution in [0.5, 0.6) is 0 Å². The molecule has 1 aliphatic heterocycles. The highest BCUT2D eigenvalue weighted by molar-refractivity contribution is 4.80. The number of rotatable bonds is 10. The summed E-state index contributed by atoms with van der Waals surface area (Å²) in [7, 11) is 0. The maximum absolute atomic E-state index is 3.62. The van der Waals surface area contributed by atoms with Crippen LogP contribution in [0.2, 0.25) is 0 Å². The van der Waals surface area contributed by atoms with Crippen LogP contribution in [-0.2, 0) is 0 Å². The van der Waals surface area contributed by atoms with Gasteiger partial charge < -0.3 is 10.2 Å². The van der Waals surface area contributed by atoms with Crippen LogP contribution in [0.4, 0.5) is 0 Å². The minimum Gasteiger partial charge on any atom is -0.316 e. The van der Waals surface area contributed by atoms with E-state index in [2.05, 4.69) is 37.9 Å². The van der Waals surface area contributed by atoms with Crippen LogP contribution in [-0.4, -0.2) is 37.1 Å². The molecular weight excluding hydrogens is 232 g/mol. The lowest BCUT2D eigenvalue weighted by Crippen LogP contribution is -2.33. The Bertz CT molecular complexity index is 215. The molecule has 0 amide bonds. The van der Waals surface area contributed by atoms with Crippen LogP contribution in [0.25, 0.3) is 0 Å². The largest absolute Gasteiger partial charge is 0.316 e. The molecule has 1 N–H and O–H groups in total. The number of unbranched alkanes of at least 4 members (excludes halogenated alkanes) is 3. The van der Waals surface area contributed by atoms with Crippen molar-refractivity contribution in [2.45, 2.75) is 72.3 Å². The van der Waals surface area contributed by atoms with Gasteiger partial charge in [-0.3, -0.25) is 0 Å². The van der Waals surface area contributed by atoms with Gasteiger partial charge in [-0.15, -0.1) is 0 Å². The molecule has 0 spiro atoms. The predicted octanol–water partition coefficient (Wildman–Crippen LogP) is 3.91. The summed E-state index contributed by atoms with van der Waals surface area (Å²) in [4.78, 5) is 2.72. The van der Waals surface area contributed by atoms with Gasteiger partial charge in [0, 0.05) is 12.6 Å². The van der Waals surface area contributed by atoms with E-state index in [0.29, 0.717) is 0 Å². The van der Waals surface area contributed by atoms with Gasteiger partial charge in [0.05, 0.1) is 0 Å². The van der Waals surface area contributed by atoms with E-state index in [1.807, 2.05) is 0 Å². The second-order valence-corrected chi connectivity index (χ2v) is 6.90. The van der Waals surface area contributed by atoms with Gasteiger partial charge in [-0.25, -0.2) is 0 Å². The molecular formula is C17H36N2. The van der Waals surface area contributed by atoms with E-state index in [1.165, 1.54) is 64.7 Å². The van der Waals surface area contributed by atoms with Gasteiger partial charge in [-0.2, -0.15) is 0 Å². The van der Waals surface area contributed by atoms with Gasteiger partial charge >= 0.3 is 0 Å². The lowest BCUT2D eigenvalue weighted by atomic mass is 10.1. The van der Waals surface area contributed by atoms with Crippen LogP contribution in [0, 0.1) is 11.8 Å². The fourth-order valence-electron chi connectivity index (χ4n) is 3.05. The normalized spacial score (nSPS) is 22.3. The van der Waals surface area contributed by atoms with Crippen molar-refractivity contribution in [2.75, 3.05) is 26.2 Å². The molecule has 2 heteroatoms. The van der Waals surface area contributed by atoms with Crippen LogP contribution in [0.3, 0.4) is 0 Å². The lowest BCUT2D eigenvalue weighted by molar-refractivity contribution is 0.232. The number of hydrogen-bond donors (Lipinski definition) is 1. The average molecular weight is 268 g/mol. The average Bonchev–Trinajstić information content (AvgIpc) is 2.83. The third-order valence-corrected chi connectivity index (χ3v) is 4.40. The summed E-state index contributed by atoms with van der Waals surface area (Å²) < 4.78 is 0. The molecule has 0 bridgehead atoms. The number of nitrogens with one attached hydrogen (secondary N) is 1. The van der Waals surface area contributed by atoms with E-state index < -0.39 is 0 Å². The van der Waals surface area contributed by atoms with Crippen molar-refractivity contribution in [3.05, 3.63) is 0 Å². The van der Waals surface area contributed by atoms with Gasteiger partial charge in [0.1, 0.15) is 0 Å². The second-order valence-electron chi connectivity index (χ2n) is 6.90. The van der Waals surface area contributed by atoms with Gasteiger partial charge in [-0.05, 0) is 51.2 Å². The van der Waals surface area contributed by atoms with E-state index in [9.17, 15) is 0 Å². The summed E-state index contributed by atoms with van der Waals surface area (Å²) in [5, 5.41) is 3.62. The third kappa shape index (κ3) is 7.31.